The van der Waals surface area contributed by atoms with Crippen LogP contribution in [0.4, 0.5) is 5.82 Å². The number of pyridine rings is 1. The summed E-state index contributed by atoms with van der Waals surface area (Å²) in [5, 5.41) is 23.7. The van der Waals surface area contributed by atoms with Crippen LogP contribution in [0.15, 0.2) is 65.6 Å². The van der Waals surface area contributed by atoms with Gasteiger partial charge in [-0.3, -0.25) is 19.8 Å². The monoisotopic (exact) mass is 569 g/mol. The Morgan fingerprint density at radius 3 is 2.67 bits per heavy atom. The number of rotatable bonds is 8. The van der Waals surface area contributed by atoms with Gasteiger partial charge in [-0.15, -0.1) is 0 Å². The Bertz CT molecular complexity index is 1600. The van der Waals surface area contributed by atoms with Gasteiger partial charge in [0, 0.05) is 43.5 Å². The van der Waals surface area contributed by atoms with Gasteiger partial charge in [0.15, 0.2) is 5.82 Å². The van der Waals surface area contributed by atoms with Gasteiger partial charge in [0.05, 0.1) is 24.6 Å². The van der Waals surface area contributed by atoms with E-state index in [1.807, 2.05) is 53.2 Å². The third kappa shape index (κ3) is 6.19. The Kier molecular flexibility index (Phi) is 8.24. The van der Waals surface area contributed by atoms with Gasteiger partial charge in [-0.2, -0.15) is 10.2 Å². The molecule has 0 bridgehead atoms. The third-order valence-corrected chi connectivity index (χ3v) is 7.80. The Morgan fingerprint density at radius 2 is 1.93 bits per heavy atom. The van der Waals surface area contributed by atoms with Crippen molar-refractivity contribution in [3.8, 4) is 22.9 Å². The van der Waals surface area contributed by atoms with Crippen LogP contribution < -0.4 is 21.3 Å². The molecule has 1 saturated carbocycles. The molecule has 3 aromatic heterocycles. The second-order valence-electron chi connectivity index (χ2n) is 10.6. The number of amidine groups is 1. The standard InChI is InChI=1S/C30H35N9O3/c31-24(4-3-15-38-16-18-41-19-17-38)34-21-8-10-22(11-9-21)39-28-26(29(32)35-36-30(28)40)27(37-39)20-6-12-23(13-7-20)42-25-5-1-2-14-33-25/h1-7,12-14,21-22H,8-11,15-19H2,(H2,31,34)(H2,32,35)(H,36,40)/b4-3+. The van der Waals surface area contributed by atoms with E-state index in [9.17, 15) is 4.79 Å². The lowest BCUT2D eigenvalue weighted by molar-refractivity contribution is 0.0434. The van der Waals surface area contributed by atoms with Crippen LogP contribution in [-0.4, -0.2) is 74.6 Å². The summed E-state index contributed by atoms with van der Waals surface area (Å²) in [5.41, 5.74) is 7.81. The molecule has 1 aliphatic carbocycles. The Labute approximate surface area is 243 Å². The Balaban J connectivity index is 1.15. The van der Waals surface area contributed by atoms with Crippen molar-refractivity contribution in [2.45, 2.75) is 37.8 Å². The summed E-state index contributed by atoms with van der Waals surface area (Å²) in [5.74, 6) is 1.79. The molecule has 1 saturated heterocycles. The molecular formula is C30H35N9O3. The molecule has 0 spiro atoms. The molecule has 6 rings (SSSR count). The fraction of sp³-hybridized carbons (Fsp3) is 0.367. The maximum absolute atomic E-state index is 13.0. The van der Waals surface area contributed by atoms with Gasteiger partial charge in [-0.25, -0.2) is 10.1 Å². The Morgan fingerprint density at radius 1 is 1.14 bits per heavy atom. The number of anilines is 1. The summed E-state index contributed by atoms with van der Waals surface area (Å²) in [6, 6.07) is 13.2. The third-order valence-electron chi connectivity index (χ3n) is 7.80. The first-order valence-corrected chi connectivity index (χ1v) is 14.3. The molecule has 0 unspecified atom stereocenters. The molecule has 4 heterocycles. The van der Waals surface area contributed by atoms with Crippen molar-refractivity contribution < 1.29 is 9.47 Å². The van der Waals surface area contributed by atoms with Gasteiger partial charge >= 0.3 is 0 Å². The summed E-state index contributed by atoms with van der Waals surface area (Å²) < 4.78 is 13.0. The molecule has 2 fully saturated rings. The molecule has 12 nitrogen and oxygen atoms in total. The normalized spacial score (nSPS) is 19.7. The first-order valence-electron chi connectivity index (χ1n) is 14.3. The van der Waals surface area contributed by atoms with E-state index in [1.165, 1.54) is 0 Å². The fourth-order valence-electron chi connectivity index (χ4n) is 5.63. The highest BCUT2D eigenvalue weighted by molar-refractivity contribution is 5.99. The van der Waals surface area contributed by atoms with Gasteiger partial charge in [0.2, 0.25) is 5.88 Å². The lowest BCUT2D eigenvalue weighted by atomic mass is 9.91. The molecule has 5 N–H and O–H groups in total. The lowest BCUT2D eigenvalue weighted by Crippen LogP contribution is -2.38. The van der Waals surface area contributed by atoms with Crippen molar-refractivity contribution >= 4 is 22.6 Å². The topological polar surface area (TPSA) is 160 Å². The number of nitrogens with two attached hydrogens (primary N) is 1. The van der Waals surface area contributed by atoms with Crippen molar-refractivity contribution in [1.82, 2.24) is 35.2 Å². The van der Waals surface area contributed by atoms with Crippen LogP contribution in [0.2, 0.25) is 0 Å². The zero-order valence-electron chi connectivity index (χ0n) is 23.3. The van der Waals surface area contributed by atoms with Crippen LogP contribution in [0.5, 0.6) is 11.6 Å². The number of morpholine rings is 1. The quantitative estimate of drug-likeness (QED) is 0.184. The summed E-state index contributed by atoms with van der Waals surface area (Å²) in [7, 11) is 0. The minimum atomic E-state index is -0.319. The van der Waals surface area contributed by atoms with E-state index in [-0.39, 0.29) is 23.5 Å². The molecule has 0 amide bonds. The molecule has 1 aliphatic heterocycles. The predicted octanol–water partition coefficient (Wildman–Crippen LogP) is 3.50. The van der Waals surface area contributed by atoms with E-state index in [0.717, 1.165) is 64.1 Å². The molecule has 0 atom stereocenters. The van der Waals surface area contributed by atoms with E-state index in [0.29, 0.717) is 34.1 Å². The molecule has 42 heavy (non-hydrogen) atoms. The lowest BCUT2D eigenvalue weighted by Gasteiger charge is -2.30. The zero-order valence-corrected chi connectivity index (χ0v) is 23.3. The van der Waals surface area contributed by atoms with Crippen LogP contribution >= 0.6 is 0 Å². The molecule has 0 radical (unpaired) electrons. The number of nitrogens with one attached hydrogen (secondary N) is 3. The van der Waals surface area contributed by atoms with Crippen LogP contribution in [-0.2, 0) is 4.74 Å². The van der Waals surface area contributed by atoms with E-state index in [4.69, 9.17) is 25.7 Å². The van der Waals surface area contributed by atoms with Crippen molar-refractivity contribution in [2.75, 3.05) is 38.6 Å². The SMILES string of the molecule is N=C(/C=C/CN1CCOCC1)NC1CCC(n2nc(-c3ccc(Oc4ccccn4)cc3)c3c(N)n[nH]c(=O)c32)CC1. The predicted molar refractivity (Wildman–Crippen MR) is 161 cm³/mol. The largest absolute Gasteiger partial charge is 0.439 e. The molecule has 1 aromatic carbocycles. The molecule has 218 valence electrons. The Hall–Kier alpha value is -4.55. The average molecular weight is 570 g/mol. The number of hydrogen-bond donors (Lipinski definition) is 4. The average Bonchev–Trinajstić information content (AvgIpc) is 3.43. The van der Waals surface area contributed by atoms with Gasteiger partial charge in [-0.05, 0) is 62.1 Å². The number of nitrogens with zero attached hydrogens (tertiary/aromatic N) is 5. The highest BCUT2D eigenvalue weighted by Gasteiger charge is 2.28. The van der Waals surface area contributed by atoms with Gasteiger partial charge < -0.3 is 20.5 Å². The van der Waals surface area contributed by atoms with E-state index < -0.39 is 0 Å². The molecule has 2 aliphatic rings. The van der Waals surface area contributed by atoms with Crippen LogP contribution in [0, 0.1) is 5.41 Å². The fourth-order valence-corrected chi connectivity index (χ4v) is 5.63. The number of ether oxygens (including phenoxy) is 2. The molecule has 12 heteroatoms. The smallest absolute Gasteiger partial charge is 0.290 e. The number of aromatic amines is 1. The van der Waals surface area contributed by atoms with Gasteiger partial charge in [-0.1, -0.05) is 12.1 Å². The van der Waals surface area contributed by atoms with E-state index in [1.54, 1.807) is 12.3 Å². The van der Waals surface area contributed by atoms with E-state index >= 15 is 0 Å². The first kappa shape index (κ1) is 27.6. The number of nitrogen functional groups attached to an aromatic ring is 1. The van der Waals surface area contributed by atoms with Crippen LogP contribution in [0.3, 0.4) is 0 Å². The number of H-pyrrole nitrogens is 1. The van der Waals surface area contributed by atoms with Gasteiger partial charge in [0.1, 0.15) is 22.8 Å². The number of benzene rings is 1. The van der Waals surface area contributed by atoms with Gasteiger partial charge in [0.25, 0.3) is 5.56 Å². The highest BCUT2D eigenvalue weighted by atomic mass is 16.5. The summed E-state index contributed by atoms with van der Waals surface area (Å²) in [6.07, 6.45) is 8.91. The van der Waals surface area contributed by atoms with E-state index in [2.05, 4.69) is 25.4 Å². The maximum Gasteiger partial charge on any atom is 0.290 e. The van der Waals surface area contributed by atoms with Crippen molar-refractivity contribution in [3.63, 3.8) is 0 Å². The second-order valence-corrected chi connectivity index (χ2v) is 10.6. The second kappa shape index (κ2) is 12.5. The zero-order chi connectivity index (χ0) is 28.9. The number of aromatic nitrogens is 5. The van der Waals surface area contributed by atoms with Crippen LogP contribution in [0.25, 0.3) is 22.2 Å². The molecule has 4 aromatic rings. The maximum atomic E-state index is 13.0. The minimum absolute atomic E-state index is 0.0278. The highest BCUT2D eigenvalue weighted by Crippen LogP contribution is 2.36. The number of fused-ring (bicyclic) bond motifs is 1. The molecular weight excluding hydrogens is 534 g/mol. The minimum Gasteiger partial charge on any atom is -0.439 e. The first-order chi connectivity index (χ1) is 20.5. The summed E-state index contributed by atoms with van der Waals surface area (Å²) >= 11 is 0. The summed E-state index contributed by atoms with van der Waals surface area (Å²) in [6.45, 7) is 4.21. The number of hydrogen-bond acceptors (Lipinski definition) is 9. The van der Waals surface area contributed by atoms with Crippen molar-refractivity contribution in [1.29, 1.82) is 5.41 Å². The van der Waals surface area contributed by atoms with Crippen LogP contribution in [0.1, 0.15) is 31.7 Å². The van der Waals surface area contributed by atoms with Crippen molar-refractivity contribution in [2.24, 2.45) is 0 Å². The van der Waals surface area contributed by atoms with Crippen molar-refractivity contribution in [3.05, 3.63) is 71.2 Å². The summed E-state index contributed by atoms with van der Waals surface area (Å²) in [4.78, 5) is 19.5.